The van der Waals surface area contributed by atoms with Crippen LogP contribution in [0.1, 0.15) is 45.1 Å². The van der Waals surface area contributed by atoms with Crippen molar-refractivity contribution in [1.29, 1.82) is 0 Å². The van der Waals surface area contributed by atoms with Gasteiger partial charge in [0, 0.05) is 26.1 Å². The van der Waals surface area contributed by atoms with Crippen LogP contribution >= 0.6 is 0 Å². The molecule has 3 N–H and O–H groups in total. The fourth-order valence-corrected chi connectivity index (χ4v) is 8.23. The molecule has 1 fully saturated rings. The second kappa shape index (κ2) is 13.9. The van der Waals surface area contributed by atoms with Gasteiger partial charge in [-0.1, -0.05) is 49.7 Å². The van der Waals surface area contributed by atoms with Gasteiger partial charge < -0.3 is 15.5 Å². The van der Waals surface area contributed by atoms with Gasteiger partial charge in [-0.3, -0.25) is 9.59 Å². The number of carbonyl (C=O) groups is 2. The topological polar surface area (TPSA) is 161 Å². The predicted octanol–water partition coefficient (Wildman–Crippen LogP) is 2.21. The van der Waals surface area contributed by atoms with Gasteiger partial charge in [-0.25, -0.2) is 16.8 Å². The summed E-state index contributed by atoms with van der Waals surface area (Å²) in [7, 11) is -8.07. The second-order valence-corrected chi connectivity index (χ2v) is 14.5. The highest BCUT2D eigenvalue weighted by atomic mass is 32.2. The number of unbranched alkanes of at least 4 members (excludes halogenated alkanes) is 1. The van der Waals surface area contributed by atoms with E-state index in [9.17, 15) is 36.6 Å². The Morgan fingerprint density at radius 1 is 1.00 bits per heavy atom. The summed E-state index contributed by atoms with van der Waals surface area (Å²) >= 11 is 0. The van der Waals surface area contributed by atoms with Crippen molar-refractivity contribution in [2.75, 3.05) is 19.6 Å². The average molecular weight is 610 g/mol. The summed E-state index contributed by atoms with van der Waals surface area (Å²) in [6.07, 6.45) is -0.354. The molecule has 0 spiro atoms. The number of nitrogens with one attached hydrogen (secondary N) is 1. The van der Waals surface area contributed by atoms with Crippen LogP contribution in [0.4, 0.5) is 0 Å². The van der Waals surface area contributed by atoms with Crippen molar-refractivity contribution in [3.8, 4) is 0 Å². The number of aryl methyl sites for hydroxylation is 1. The van der Waals surface area contributed by atoms with Crippen LogP contribution in [-0.2, 0) is 29.6 Å². The van der Waals surface area contributed by atoms with Crippen molar-refractivity contribution in [3.05, 3.63) is 60.2 Å². The molecule has 0 aromatic heterocycles. The van der Waals surface area contributed by atoms with Crippen LogP contribution < -0.4 is 5.32 Å². The van der Waals surface area contributed by atoms with Gasteiger partial charge in [0.05, 0.1) is 15.9 Å². The summed E-state index contributed by atoms with van der Waals surface area (Å²) in [6, 6.07) is 11.6. The highest BCUT2D eigenvalue weighted by Crippen LogP contribution is 2.27. The van der Waals surface area contributed by atoms with Crippen LogP contribution in [0.15, 0.2) is 64.4 Å². The quantitative estimate of drug-likeness (QED) is 0.275. The fraction of sp³-hybridized carbons (Fsp3) is 0.500. The number of carboxylic acids is 1. The van der Waals surface area contributed by atoms with Gasteiger partial charge in [-0.2, -0.15) is 8.61 Å². The van der Waals surface area contributed by atoms with Gasteiger partial charge in [-0.15, -0.1) is 0 Å². The molecule has 0 saturated carbocycles. The predicted molar refractivity (Wildman–Crippen MR) is 153 cm³/mol. The Balaban J connectivity index is 1.63. The molecule has 2 aromatic rings. The Labute approximate surface area is 242 Å². The van der Waals surface area contributed by atoms with Crippen molar-refractivity contribution in [2.45, 2.75) is 74.4 Å². The molecule has 1 aliphatic rings. The van der Waals surface area contributed by atoms with Crippen LogP contribution in [0.25, 0.3) is 0 Å². The molecule has 1 saturated heterocycles. The number of hydrogen-bond acceptors (Lipinski definition) is 7. The SMILES string of the molecule is Cc1ccc(S(=O)(=O)N(CC(C)C)[C@@H](CCCCNC(=O)[C@@H]2C[C@@H](O)CN2S(=O)(=O)c2ccccc2)C(=O)O)cc1. The molecule has 1 heterocycles. The van der Waals surface area contributed by atoms with E-state index in [4.69, 9.17) is 0 Å². The van der Waals surface area contributed by atoms with E-state index in [0.29, 0.717) is 12.8 Å². The number of aliphatic hydroxyl groups is 1. The first kappa shape index (κ1) is 32.7. The molecule has 226 valence electrons. The minimum absolute atomic E-state index is 0.0241. The van der Waals surface area contributed by atoms with Gasteiger partial charge in [0.25, 0.3) is 0 Å². The normalized spacial score (nSPS) is 19.0. The third kappa shape index (κ3) is 8.13. The lowest BCUT2D eigenvalue weighted by Gasteiger charge is -2.29. The summed E-state index contributed by atoms with van der Waals surface area (Å²) in [5.41, 5.74) is 0.879. The third-order valence-corrected chi connectivity index (χ3v) is 10.7. The Bertz CT molecular complexity index is 1400. The number of β-amino-alcohol motifs (C(OH)–C–C–N with tert-alkyl or cyclic N) is 1. The number of nitrogens with zero attached hydrogens (tertiary/aromatic N) is 2. The Kier molecular flexibility index (Phi) is 11.1. The molecule has 0 aliphatic carbocycles. The number of amides is 1. The number of benzene rings is 2. The molecule has 41 heavy (non-hydrogen) atoms. The molecule has 2 aromatic carbocycles. The number of hydrogen-bond donors (Lipinski definition) is 3. The number of carboxylic acid groups (broad SMARTS) is 1. The van der Waals surface area contributed by atoms with Crippen molar-refractivity contribution >= 4 is 31.9 Å². The minimum Gasteiger partial charge on any atom is -0.480 e. The highest BCUT2D eigenvalue weighted by Gasteiger charge is 2.43. The molecule has 3 atom stereocenters. The molecule has 13 heteroatoms. The van der Waals surface area contributed by atoms with E-state index in [0.717, 1.165) is 14.2 Å². The molecule has 1 amide bonds. The molecule has 0 unspecified atom stereocenters. The van der Waals surface area contributed by atoms with E-state index >= 15 is 0 Å². The lowest BCUT2D eigenvalue weighted by atomic mass is 10.1. The molecule has 0 radical (unpaired) electrons. The van der Waals surface area contributed by atoms with Crippen LogP contribution in [0.3, 0.4) is 0 Å². The zero-order chi connectivity index (χ0) is 30.4. The minimum atomic E-state index is -4.08. The van der Waals surface area contributed by atoms with Gasteiger partial charge >= 0.3 is 5.97 Å². The van der Waals surface area contributed by atoms with E-state index in [1.54, 1.807) is 30.3 Å². The first-order valence-corrected chi connectivity index (χ1v) is 16.5. The van der Waals surface area contributed by atoms with Gasteiger partial charge in [0.15, 0.2) is 0 Å². The van der Waals surface area contributed by atoms with E-state index in [-0.39, 0.29) is 48.2 Å². The molecule has 0 bridgehead atoms. The van der Waals surface area contributed by atoms with Crippen LogP contribution in [0.5, 0.6) is 0 Å². The van der Waals surface area contributed by atoms with Gasteiger partial charge in [0.1, 0.15) is 12.1 Å². The highest BCUT2D eigenvalue weighted by molar-refractivity contribution is 7.89. The first-order valence-electron chi connectivity index (χ1n) is 13.6. The summed E-state index contributed by atoms with van der Waals surface area (Å²) < 4.78 is 55.0. The summed E-state index contributed by atoms with van der Waals surface area (Å²) in [4.78, 5) is 25.2. The Morgan fingerprint density at radius 2 is 1.63 bits per heavy atom. The van der Waals surface area contributed by atoms with E-state index in [1.165, 1.54) is 24.3 Å². The van der Waals surface area contributed by atoms with E-state index < -0.39 is 50.1 Å². The van der Waals surface area contributed by atoms with Crippen LogP contribution in [0, 0.1) is 12.8 Å². The first-order chi connectivity index (χ1) is 19.2. The molecule has 11 nitrogen and oxygen atoms in total. The maximum atomic E-state index is 13.4. The van der Waals surface area contributed by atoms with E-state index in [1.807, 2.05) is 20.8 Å². The number of aliphatic hydroxyl groups excluding tert-OH is 1. The monoisotopic (exact) mass is 609 g/mol. The van der Waals surface area contributed by atoms with Crippen molar-refractivity contribution in [2.24, 2.45) is 5.92 Å². The largest absolute Gasteiger partial charge is 0.480 e. The maximum absolute atomic E-state index is 13.4. The standard InChI is InChI=1S/C28H39N3O8S2/c1-20(2)18-30(41(38,39)24-14-12-21(3)13-15-24)25(28(34)35)11-7-8-16-29-27(33)26-17-22(32)19-31(26)40(36,37)23-9-5-4-6-10-23/h4-6,9-10,12-15,20,22,25-26,32H,7-8,11,16-19H2,1-3H3,(H,29,33)(H,34,35)/t22-,25+,26+/m1/s1. The smallest absolute Gasteiger partial charge is 0.322 e. The lowest BCUT2D eigenvalue weighted by Crippen LogP contribution is -2.47. The van der Waals surface area contributed by atoms with Crippen molar-refractivity contribution < 1.29 is 36.6 Å². The van der Waals surface area contributed by atoms with Crippen molar-refractivity contribution in [3.63, 3.8) is 0 Å². The second-order valence-electron chi connectivity index (χ2n) is 10.7. The fourth-order valence-electron chi connectivity index (χ4n) is 4.80. The molecule has 1 aliphatic heterocycles. The number of rotatable bonds is 14. The third-order valence-electron chi connectivity index (χ3n) is 6.90. The summed E-state index contributed by atoms with van der Waals surface area (Å²) in [5.74, 6) is -1.93. The molecule has 3 rings (SSSR count). The number of carbonyl (C=O) groups excluding carboxylic acids is 1. The summed E-state index contributed by atoms with van der Waals surface area (Å²) in [5, 5.41) is 22.8. The Morgan fingerprint density at radius 3 is 2.22 bits per heavy atom. The van der Waals surface area contributed by atoms with Gasteiger partial charge in [0.2, 0.25) is 26.0 Å². The average Bonchev–Trinajstić information content (AvgIpc) is 3.32. The molecular weight excluding hydrogens is 570 g/mol. The summed E-state index contributed by atoms with van der Waals surface area (Å²) in [6.45, 7) is 5.42. The van der Waals surface area contributed by atoms with Crippen molar-refractivity contribution in [1.82, 2.24) is 13.9 Å². The zero-order valence-electron chi connectivity index (χ0n) is 23.5. The van der Waals surface area contributed by atoms with Crippen LogP contribution in [0.2, 0.25) is 0 Å². The zero-order valence-corrected chi connectivity index (χ0v) is 25.1. The number of sulfonamides is 2. The van der Waals surface area contributed by atoms with Crippen LogP contribution in [-0.4, -0.2) is 85.4 Å². The Hall–Kier alpha value is -2.84. The lowest BCUT2D eigenvalue weighted by molar-refractivity contribution is -0.142. The van der Waals surface area contributed by atoms with E-state index in [2.05, 4.69) is 5.32 Å². The maximum Gasteiger partial charge on any atom is 0.322 e. The number of aliphatic carboxylic acids is 1. The molecular formula is C28H39N3O8S2. The van der Waals surface area contributed by atoms with Gasteiger partial charge in [-0.05, 0) is 56.4 Å².